The van der Waals surface area contributed by atoms with E-state index < -0.39 is 0 Å². The van der Waals surface area contributed by atoms with Gasteiger partial charge in [-0.15, -0.1) is 0 Å². The van der Waals surface area contributed by atoms with Crippen LogP contribution in [0, 0.1) is 0 Å². The minimum Gasteiger partial charge on any atom is -0.508 e. The molecule has 0 heterocycles. The Morgan fingerprint density at radius 3 is 2.40 bits per heavy atom. The number of rotatable bonds is 5. The molecule has 3 N–H and O–H groups in total. The molecule has 2 rings (SSSR count). The molecule has 0 aromatic heterocycles. The van der Waals surface area contributed by atoms with Crippen molar-refractivity contribution in [2.45, 2.75) is 12.8 Å². The lowest BCUT2D eigenvalue weighted by atomic mass is 10.1. The van der Waals surface area contributed by atoms with Crippen LogP contribution in [-0.4, -0.2) is 16.8 Å². The molecule has 0 aliphatic carbocycles. The van der Waals surface area contributed by atoms with E-state index >= 15 is 0 Å². The van der Waals surface area contributed by atoms with Crippen molar-refractivity contribution in [2.75, 3.05) is 11.9 Å². The van der Waals surface area contributed by atoms with E-state index in [9.17, 15) is 5.11 Å². The molecular formula is C16H18N2OS. The number of hydrogen-bond acceptors (Lipinski definition) is 2. The molecule has 4 heteroatoms. The monoisotopic (exact) mass is 286 g/mol. The number of nitrogens with one attached hydrogen (secondary N) is 2. The van der Waals surface area contributed by atoms with E-state index in [2.05, 4.69) is 34.9 Å². The van der Waals surface area contributed by atoms with Crippen LogP contribution in [-0.2, 0) is 6.42 Å². The third-order valence-corrected chi connectivity index (χ3v) is 3.14. The van der Waals surface area contributed by atoms with E-state index in [1.165, 1.54) is 5.56 Å². The Bertz CT molecular complexity index is 540. The van der Waals surface area contributed by atoms with E-state index in [-0.39, 0.29) is 5.75 Å². The standard InChI is InChI=1S/C16H18N2OS/c19-15-10-8-14(9-11-15)18-16(20)17-12-4-7-13-5-2-1-3-6-13/h1-3,5-6,8-11,19H,4,7,12H2,(H2,17,18,20). The molecular weight excluding hydrogens is 268 g/mol. The second-order valence-electron chi connectivity index (χ2n) is 4.52. The summed E-state index contributed by atoms with van der Waals surface area (Å²) in [6.45, 7) is 0.832. The number of phenolic OH excluding ortho intramolecular Hbond substituents is 1. The van der Waals surface area contributed by atoms with E-state index in [0.29, 0.717) is 5.11 Å². The van der Waals surface area contributed by atoms with Gasteiger partial charge in [0.25, 0.3) is 0 Å². The van der Waals surface area contributed by atoms with Gasteiger partial charge < -0.3 is 15.7 Å². The maximum atomic E-state index is 9.20. The first kappa shape index (κ1) is 14.3. The minimum absolute atomic E-state index is 0.247. The first-order valence-corrected chi connectivity index (χ1v) is 7.03. The van der Waals surface area contributed by atoms with Gasteiger partial charge in [-0.2, -0.15) is 0 Å². The predicted octanol–water partition coefficient (Wildman–Crippen LogP) is 3.31. The van der Waals surface area contributed by atoms with Crippen molar-refractivity contribution < 1.29 is 5.11 Å². The number of benzene rings is 2. The molecule has 0 amide bonds. The van der Waals surface area contributed by atoms with Crippen molar-refractivity contribution in [3.8, 4) is 5.75 Å². The van der Waals surface area contributed by atoms with Gasteiger partial charge in [-0.25, -0.2) is 0 Å². The molecule has 2 aromatic carbocycles. The molecule has 0 aliphatic rings. The number of anilines is 1. The fourth-order valence-corrected chi connectivity index (χ4v) is 2.08. The molecule has 0 saturated heterocycles. The first-order valence-electron chi connectivity index (χ1n) is 6.62. The Morgan fingerprint density at radius 1 is 1.00 bits per heavy atom. The molecule has 3 nitrogen and oxygen atoms in total. The van der Waals surface area contributed by atoms with Gasteiger partial charge in [-0.1, -0.05) is 30.3 Å². The number of phenols is 1. The minimum atomic E-state index is 0.247. The van der Waals surface area contributed by atoms with Crippen molar-refractivity contribution in [2.24, 2.45) is 0 Å². The van der Waals surface area contributed by atoms with Crippen molar-refractivity contribution in [3.05, 3.63) is 60.2 Å². The highest BCUT2D eigenvalue weighted by Crippen LogP contribution is 2.13. The van der Waals surface area contributed by atoms with E-state index in [1.54, 1.807) is 24.3 Å². The average molecular weight is 286 g/mol. The fourth-order valence-electron chi connectivity index (χ4n) is 1.86. The van der Waals surface area contributed by atoms with E-state index in [1.807, 2.05) is 6.07 Å². The number of aryl methyl sites for hydroxylation is 1. The van der Waals surface area contributed by atoms with Crippen LogP contribution in [0.5, 0.6) is 5.75 Å². The van der Waals surface area contributed by atoms with Gasteiger partial charge in [0.15, 0.2) is 5.11 Å². The largest absolute Gasteiger partial charge is 0.508 e. The second kappa shape index (κ2) is 7.50. The molecule has 104 valence electrons. The normalized spacial score (nSPS) is 10.0. The lowest BCUT2D eigenvalue weighted by Crippen LogP contribution is -2.29. The van der Waals surface area contributed by atoms with E-state index in [4.69, 9.17) is 12.2 Å². The van der Waals surface area contributed by atoms with Gasteiger partial charge in [-0.05, 0) is 54.9 Å². The van der Waals surface area contributed by atoms with Gasteiger partial charge in [0.2, 0.25) is 0 Å². The van der Waals surface area contributed by atoms with Crippen molar-refractivity contribution in [1.29, 1.82) is 0 Å². The maximum Gasteiger partial charge on any atom is 0.170 e. The zero-order valence-corrected chi connectivity index (χ0v) is 12.0. The molecule has 20 heavy (non-hydrogen) atoms. The highest BCUT2D eigenvalue weighted by atomic mass is 32.1. The Kier molecular flexibility index (Phi) is 5.38. The average Bonchev–Trinajstić information content (AvgIpc) is 2.47. The van der Waals surface area contributed by atoms with E-state index in [0.717, 1.165) is 25.1 Å². The number of thiocarbonyl (C=S) groups is 1. The molecule has 2 aromatic rings. The van der Waals surface area contributed by atoms with Crippen molar-refractivity contribution >= 4 is 23.0 Å². The van der Waals surface area contributed by atoms with Crippen LogP contribution in [0.3, 0.4) is 0 Å². The van der Waals surface area contributed by atoms with Crippen LogP contribution in [0.2, 0.25) is 0 Å². The van der Waals surface area contributed by atoms with Crippen molar-refractivity contribution in [1.82, 2.24) is 5.32 Å². The summed E-state index contributed by atoms with van der Waals surface area (Å²) in [5.41, 5.74) is 2.20. The maximum absolute atomic E-state index is 9.20. The van der Waals surface area contributed by atoms with Crippen LogP contribution in [0.1, 0.15) is 12.0 Å². The quantitative estimate of drug-likeness (QED) is 0.448. The lowest BCUT2D eigenvalue weighted by molar-refractivity contribution is 0.475. The Balaban J connectivity index is 1.66. The summed E-state index contributed by atoms with van der Waals surface area (Å²) in [4.78, 5) is 0. The Hall–Kier alpha value is -2.07. The molecule has 0 atom stereocenters. The lowest BCUT2D eigenvalue weighted by Gasteiger charge is -2.10. The summed E-state index contributed by atoms with van der Waals surface area (Å²) < 4.78 is 0. The summed E-state index contributed by atoms with van der Waals surface area (Å²) >= 11 is 5.21. The van der Waals surface area contributed by atoms with Gasteiger partial charge in [-0.3, -0.25) is 0 Å². The predicted molar refractivity (Wildman–Crippen MR) is 87.1 cm³/mol. The zero-order chi connectivity index (χ0) is 14.2. The highest BCUT2D eigenvalue weighted by molar-refractivity contribution is 7.80. The molecule has 0 radical (unpaired) electrons. The van der Waals surface area contributed by atoms with Gasteiger partial charge >= 0.3 is 0 Å². The summed E-state index contributed by atoms with van der Waals surface area (Å²) in [6, 6.07) is 17.2. The Labute approximate surface area is 124 Å². The van der Waals surface area contributed by atoms with Crippen LogP contribution < -0.4 is 10.6 Å². The zero-order valence-electron chi connectivity index (χ0n) is 11.2. The molecule has 0 spiro atoms. The second-order valence-corrected chi connectivity index (χ2v) is 4.93. The summed E-state index contributed by atoms with van der Waals surface area (Å²) in [6.07, 6.45) is 2.07. The van der Waals surface area contributed by atoms with Crippen LogP contribution >= 0.6 is 12.2 Å². The number of aromatic hydroxyl groups is 1. The highest BCUT2D eigenvalue weighted by Gasteiger charge is 1.98. The number of hydrogen-bond donors (Lipinski definition) is 3. The smallest absolute Gasteiger partial charge is 0.170 e. The van der Waals surface area contributed by atoms with Crippen molar-refractivity contribution in [3.63, 3.8) is 0 Å². The van der Waals surface area contributed by atoms with Crippen LogP contribution in [0.25, 0.3) is 0 Å². The molecule has 0 saturated carbocycles. The van der Waals surface area contributed by atoms with Crippen LogP contribution in [0.15, 0.2) is 54.6 Å². The third-order valence-electron chi connectivity index (χ3n) is 2.90. The molecule has 0 bridgehead atoms. The third kappa shape index (κ3) is 4.90. The molecule has 0 unspecified atom stereocenters. The summed E-state index contributed by atoms with van der Waals surface area (Å²) in [7, 11) is 0. The summed E-state index contributed by atoms with van der Waals surface area (Å²) in [5.74, 6) is 0.247. The van der Waals surface area contributed by atoms with Gasteiger partial charge in [0.05, 0.1) is 0 Å². The molecule has 0 aliphatic heterocycles. The Morgan fingerprint density at radius 2 is 1.70 bits per heavy atom. The van der Waals surface area contributed by atoms with Gasteiger partial charge in [0.1, 0.15) is 5.75 Å². The van der Waals surface area contributed by atoms with Gasteiger partial charge in [0, 0.05) is 12.2 Å². The summed E-state index contributed by atoms with van der Waals surface area (Å²) in [5, 5.41) is 16.0. The molecule has 0 fully saturated rings. The topological polar surface area (TPSA) is 44.3 Å². The fraction of sp³-hybridized carbons (Fsp3) is 0.188. The SMILES string of the molecule is Oc1ccc(NC(=S)NCCCc2ccccc2)cc1. The van der Waals surface area contributed by atoms with Crippen LogP contribution in [0.4, 0.5) is 5.69 Å². The first-order chi connectivity index (χ1) is 9.74.